The van der Waals surface area contributed by atoms with Crippen molar-refractivity contribution in [1.82, 2.24) is 9.55 Å². The van der Waals surface area contributed by atoms with Crippen molar-refractivity contribution < 1.29 is 5.11 Å². The summed E-state index contributed by atoms with van der Waals surface area (Å²) >= 11 is 0. The quantitative estimate of drug-likeness (QED) is 0.459. The fourth-order valence-corrected chi connectivity index (χ4v) is 1.52. The molecule has 0 atom stereocenters. The number of benzene rings is 1. The average molecular weight is 193 g/mol. The summed E-state index contributed by atoms with van der Waals surface area (Å²) in [6, 6.07) is 3.05. The lowest BCUT2D eigenvalue weighted by atomic mass is 10.2. The summed E-state index contributed by atoms with van der Waals surface area (Å²) in [5.74, 6) is -0.00120. The van der Waals surface area contributed by atoms with Crippen LogP contribution in [0.25, 0.3) is 11.0 Å². The average Bonchev–Trinajstić information content (AvgIpc) is 2.42. The molecule has 0 amide bonds. The second-order valence-corrected chi connectivity index (χ2v) is 3.10. The number of aryl methyl sites for hydroxylation is 1. The molecule has 0 spiro atoms. The first-order valence-electron chi connectivity index (χ1n) is 4.34. The normalized spacial score (nSPS) is 10.9. The largest absolute Gasteiger partial charge is 0.506 e. The van der Waals surface area contributed by atoms with Gasteiger partial charge in [-0.1, -0.05) is 0 Å². The third-order valence-electron chi connectivity index (χ3n) is 2.24. The zero-order chi connectivity index (χ0) is 10.3. The van der Waals surface area contributed by atoms with Crippen LogP contribution in [0.2, 0.25) is 0 Å². The molecule has 74 valence electrons. The van der Waals surface area contributed by atoms with Crippen molar-refractivity contribution >= 4 is 16.7 Å². The van der Waals surface area contributed by atoms with Gasteiger partial charge in [0, 0.05) is 12.6 Å². The number of aromatic amines is 1. The first-order valence-corrected chi connectivity index (χ1v) is 4.34. The van der Waals surface area contributed by atoms with Crippen LogP contribution in [0.5, 0.6) is 5.75 Å². The number of anilines is 1. The number of nitrogens with zero attached hydrogens (tertiary/aromatic N) is 1. The van der Waals surface area contributed by atoms with Crippen molar-refractivity contribution in [2.24, 2.45) is 0 Å². The number of phenolic OH excluding ortho intramolecular Hbond substituents is 1. The van der Waals surface area contributed by atoms with Crippen molar-refractivity contribution in [1.29, 1.82) is 0 Å². The zero-order valence-electron chi connectivity index (χ0n) is 7.74. The molecule has 0 aliphatic heterocycles. The summed E-state index contributed by atoms with van der Waals surface area (Å²) in [6.45, 7) is 2.42. The second kappa shape index (κ2) is 2.80. The minimum atomic E-state index is -0.187. The number of nitrogens with two attached hydrogens (primary N) is 1. The van der Waals surface area contributed by atoms with Crippen molar-refractivity contribution in [3.8, 4) is 5.75 Å². The molecule has 1 aromatic carbocycles. The van der Waals surface area contributed by atoms with E-state index >= 15 is 0 Å². The Morgan fingerprint density at radius 3 is 2.93 bits per heavy atom. The van der Waals surface area contributed by atoms with Gasteiger partial charge in [0.25, 0.3) is 0 Å². The van der Waals surface area contributed by atoms with E-state index in [9.17, 15) is 9.90 Å². The van der Waals surface area contributed by atoms with Crippen LogP contribution in [-0.2, 0) is 6.54 Å². The van der Waals surface area contributed by atoms with Gasteiger partial charge >= 0.3 is 5.69 Å². The van der Waals surface area contributed by atoms with E-state index in [-0.39, 0.29) is 17.1 Å². The standard InChI is InChI=1S/C9H11N3O2/c1-2-12-7-4-8(13)5(10)3-6(7)11-9(12)14/h3-4,13H,2,10H2,1H3,(H,11,14). The number of aromatic nitrogens is 2. The molecule has 0 aliphatic carbocycles. The molecule has 0 saturated carbocycles. The third kappa shape index (κ3) is 1.06. The SMILES string of the molecule is CCn1c(=O)[nH]c2cc(N)c(O)cc21. The van der Waals surface area contributed by atoms with Crippen molar-refractivity contribution in [3.05, 3.63) is 22.6 Å². The summed E-state index contributed by atoms with van der Waals surface area (Å²) in [7, 11) is 0. The van der Waals surface area contributed by atoms with Gasteiger partial charge in [0.1, 0.15) is 5.75 Å². The lowest BCUT2D eigenvalue weighted by Gasteiger charge is -2.00. The predicted molar refractivity (Wildman–Crippen MR) is 54.3 cm³/mol. The Kier molecular flexibility index (Phi) is 1.73. The zero-order valence-corrected chi connectivity index (χ0v) is 7.74. The molecule has 5 nitrogen and oxygen atoms in total. The molecular weight excluding hydrogens is 182 g/mol. The summed E-state index contributed by atoms with van der Waals surface area (Å²) in [4.78, 5) is 14.0. The number of imidazole rings is 1. The van der Waals surface area contributed by atoms with Crippen LogP contribution >= 0.6 is 0 Å². The van der Waals surface area contributed by atoms with E-state index in [4.69, 9.17) is 5.73 Å². The third-order valence-corrected chi connectivity index (χ3v) is 2.24. The van der Waals surface area contributed by atoms with E-state index in [1.807, 2.05) is 6.92 Å². The summed E-state index contributed by atoms with van der Waals surface area (Å²) < 4.78 is 1.54. The molecule has 5 heteroatoms. The first kappa shape index (κ1) is 8.68. The van der Waals surface area contributed by atoms with Crippen LogP contribution in [-0.4, -0.2) is 14.7 Å². The van der Waals surface area contributed by atoms with Gasteiger partial charge in [-0.3, -0.25) is 4.57 Å². The molecule has 1 aromatic heterocycles. The molecule has 0 aliphatic rings. The van der Waals surface area contributed by atoms with Gasteiger partial charge in [0.2, 0.25) is 0 Å². The number of nitrogen functional groups attached to an aromatic ring is 1. The summed E-state index contributed by atoms with van der Waals surface area (Å²) in [5, 5.41) is 9.39. The number of H-pyrrole nitrogens is 1. The molecule has 0 unspecified atom stereocenters. The van der Waals surface area contributed by atoms with Crippen LogP contribution in [0.3, 0.4) is 0 Å². The number of rotatable bonds is 1. The number of nitrogens with one attached hydrogen (secondary N) is 1. The number of phenols is 1. The lowest BCUT2D eigenvalue weighted by Crippen LogP contribution is -2.14. The van der Waals surface area contributed by atoms with Crippen molar-refractivity contribution in [3.63, 3.8) is 0 Å². The van der Waals surface area contributed by atoms with Gasteiger partial charge in [-0.2, -0.15) is 0 Å². The Hall–Kier alpha value is -1.91. The van der Waals surface area contributed by atoms with E-state index in [1.54, 1.807) is 6.07 Å². The van der Waals surface area contributed by atoms with Gasteiger partial charge in [0.15, 0.2) is 0 Å². The van der Waals surface area contributed by atoms with E-state index in [0.29, 0.717) is 17.6 Å². The van der Waals surface area contributed by atoms with E-state index < -0.39 is 0 Å². The molecule has 0 fully saturated rings. The highest BCUT2D eigenvalue weighted by molar-refractivity contribution is 5.82. The molecule has 0 saturated heterocycles. The molecule has 0 radical (unpaired) electrons. The van der Waals surface area contributed by atoms with Gasteiger partial charge in [-0.25, -0.2) is 4.79 Å². The molecule has 0 bridgehead atoms. The maximum atomic E-state index is 11.4. The monoisotopic (exact) mass is 193 g/mol. The number of fused-ring (bicyclic) bond motifs is 1. The fourth-order valence-electron chi connectivity index (χ4n) is 1.52. The van der Waals surface area contributed by atoms with Gasteiger partial charge in [0.05, 0.1) is 16.7 Å². The van der Waals surface area contributed by atoms with Crippen LogP contribution in [0.4, 0.5) is 5.69 Å². The van der Waals surface area contributed by atoms with Gasteiger partial charge < -0.3 is 15.8 Å². The highest BCUT2D eigenvalue weighted by atomic mass is 16.3. The maximum absolute atomic E-state index is 11.4. The molecule has 14 heavy (non-hydrogen) atoms. The van der Waals surface area contributed by atoms with Crippen LogP contribution in [0, 0.1) is 0 Å². The highest BCUT2D eigenvalue weighted by Crippen LogP contribution is 2.24. The molecule has 2 rings (SSSR count). The van der Waals surface area contributed by atoms with Crippen LogP contribution in [0.1, 0.15) is 6.92 Å². The van der Waals surface area contributed by atoms with E-state index in [1.165, 1.54) is 10.6 Å². The minimum absolute atomic E-state index is 0.00120. The molecular formula is C9H11N3O2. The highest BCUT2D eigenvalue weighted by Gasteiger charge is 2.07. The Morgan fingerprint density at radius 1 is 1.57 bits per heavy atom. The van der Waals surface area contributed by atoms with Crippen LogP contribution < -0.4 is 11.4 Å². The van der Waals surface area contributed by atoms with E-state index in [2.05, 4.69) is 4.98 Å². The summed E-state index contributed by atoms with van der Waals surface area (Å²) in [6.07, 6.45) is 0. The minimum Gasteiger partial charge on any atom is -0.506 e. The fraction of sp³-hybridized carbons (Fsp3) is 0.222. The summed E-state index contributed by atoms with van der Waals surface area (Å²) in [5.41, 5.74) is 6.90. The Balaban J connectivity index is 2.89. The van der Waals surface area contributed by atoms with Crippen molar-refractivity contribution in [2.75, 3.05) is 5.73 Å². The van der Waals surface area contributed by atoms with Crippen LogP contribution in [0.15, 0.2) is 16.9 Å². The predicted octanol–water partition coefficient (Wildman–Crippen LogP) is 0.637. The molecule has 4 N–H and O–H groups in total. The molecule has 2 aromatic rings. The first-order chi connectivity index (χ1) is 6.63. The van der Waals surface area contributed by atoms with E-state index in [0.717, 1.165) is 0 Å². The van der Waals surface area contributed by atoms with Crippen molar-refractivity contribution in [2.45, 2.75) is 13.5 Å². The smallest absolute Gasteiger partial charge is 0.326 e. The number of aromatic hydroxyl groups is 1. The maximum Gasteiger partial charge on any atom is 0.326 e. The topological polar surface area (TPSA) is 84.0 Å². The van der Waals surface area contributed by atoms with Gasteiger partial charge in [-0.05, 0) is 13.0 Å². The number of hydrogen-bond donors (Lipinski definition) is 3. The van der Waals surface area contributed by atoms with Gasteiger partial charge in [-0.15, -0.1) is 0 Å². The second-order valence-electron chi connectivity index (χ2n) is 3.10. The Bertz CT molecular complexity index is 539. The Morgan fingerprint density at radius 2 is 2.29 bits per heavy atom. The lowest BCUT2D eigenvalue weighted by molar-refractivity contribution is 0.478. The number of hydrogen-bond acceptors (Lipinski definition) is 3. The molecule has 1 heterocycles. The Labute approximate surface area is 79.8 Å².